The van der Waals surface area contributed by atoms with Crippen LogP contribution in [0.1, 0.15) is 30.7 Å². The van der Waals surface area contributed by atoms with Crippen LogP contribution in [-0.4, -0.2) is 54.8 Å². The molecule has 1 N–H and O–H groups in total. The molecule has 1 aromatic heterocycles. The highest BCUT2D eigenvalue weighted by Crippen LogP contribution is 2.22. The lowest BCUT2D eigenvalue weighted by atomic mass is 10.2. The summed E-state index contributed by atoms with van der Waals surface area (Å²) in [5, 5.41) is 4.76. The normalized spacial score (nSPS) is 16.2. The van der Waals surface area contributed by atoms with Crippen LogP contribution in [0.3, 0.4) is 0 Å². The van der Waals surface area contributed by atoms with Crippen molar-refractivity contribution in [2.24, 2.45) is 0 Å². The summed E-state index contributed by atoms with van der Waals surface area (Å²) in [5.74, 6) is -0.0803. The third kappa shape index (κ3) is 4.54. The van der Waals surface area contributed by atoms with E-state index in [0.717, 1.165) is 25.9 Å². The lowest BCUT2D eigenvalue weighted by Gasteiger charge is -2.23. The Labute approximate surface area is 129 Å². The first kappa shape index (κ1) is 16.0. The second-order valence-corrected chi connectivity index (χ2v) is 6.45. The molecule has 21 heavy (non-hydrogen) atoms. The molecule has 1 fully saturated rings. The number of amides is 2. The molecule has 1 aliphatic rings. The first-order valence-corrected chi connectivity index (χ1v) is 8.24. The van der Waals surface area contributed by atoms with Gasteiger partial charge in [-0.1, -0.05) is 6.07 Å². The Morgan fingerprint density at radius 1 is 1.43 bits per heavy atom. The van der Waals surface area contributed by atoms with Gasteiger partial charge in [0.15, 0.2) is 0 Å². The molecule has 2 rings (SSSR count). The largest absolute Gasteiger partial charge is 0.346 e. The number of hydrogen-bond donors (Lipinski definition) is 1. The second-order valence-electron chi connectivity index (χ2n) is 5.47. The summed E-state index contributed by atoms with van der Waals surface area (Å²) < 4.78 is 0. The van der Waals surface area contributed by atoms with Crippen molar-refractivity contribution < 1.29 is 9.59 Å². The molecule has 0 radical (unpaired) electrons. The molecular formula is C15H23N3O2S. The molecule has 1 unspecified atom stereocenters. The summed E-state index contributed by atoms with van der Waals surface area (Å²) in [6.07, 6.45) is 2.14. The van der Waals surface area contributed by atoms with Crippen LogP contribution < -0.4 is 5.32 Å². The molecule has 0 aromatic carbocycles. The van der Waals surface area contributed by atoms with Gasteiger partial charge in [0, 0.05) is 24.0 Å². The fourth-order valence-corrected chi connectivity index (χ4v) is 3.27. The van der Waals surface area contributed by atoms with Gasteiger partial charge in [0.2, 0.25) is 11.8 Å². The lowest BCUT2D eigenvalue weighted by molar-refractivity contribution is -0.132. The molecular weight excluding hydrogens is 286 g/mol. The van der Waals surface area contributed by atoms with Crippen molar-refractivity contribution in [3.05, 3.63) is 22.4 Å². The zero-order chi connectivity index (χ0) is 15.2. The van der Waals surface area contributed by atoms with Gasteiger partial charge in [-0.3, -0.25) is 14.5 Å². The molecule has 1 atom stereocenters. The van der Waals surface area contributed by atoms with Crippen molar-refractivity contribution in [1.82, 2.24) is 15.1 Å². The third-order valence-corrected chi connectivity index (χ3v) is 4.95. The van der Waals surface area contributed by atoms with Gasteiger partial charge in [0.1, 0.15) is 0 Å². The highest BCUT2D eigenvalue weighted by atomic mass is 32.1. The number of nitrogens with zero attached hydrogens (tertiary/aromatic N) is 2. The zero-order valence-electron chi connectivity index (χ0n) is 12.7. The van der Waals surface area contributed by atoms with Gasteiger partial charge >= 0.3 is 0 Å². The van der Waals surface area contributed by atoms with Gasteiger partial charge in [0.25, 0.3) is 0 Å². The number of nitrogens with one attached hydrogen (secondary N) is 1. The van der Waals surface area contributed by atoms with Crippen LogP contribution in [0.2, 0.25) is 0 Å². The summed E-state index contributed by atoms with van der Waals surface area (Å²) in [5.41, 5.74) is 0. The first-order chi connectivity index (χ1) is 10.1. The molecule has 116 valence electrons. The Kier molecular flexibility index (Phi) is 5.76. The number of likely N-dealkylation sites (tertiary alicyclic amines) is 1. The minimum absolute atomic E-state index is 0.0230. The number of hydrogen-bond acceptors (Lipinski definition) is 4. The maximum Gasteiger partial charge on any atom is 0.241 e. The molecule has 0 aliphatic carbocycles. The van der Waals surface area contributed by atoms with Crippen LogP contribution >= 0.6 is 11.3 Å². The average Bonchev–Trinajstić information content (AvgIpc) is 3.15. The maximum absolute atomic E-state index is 11.9. The number of likely N-dealkylation sites (N-methyl/N-ethyl adjacent to an activating group) is 1. The van der Waals surface area contributed by atoms with Gasteiger partial charge in [0.05, 0.1) is 13.1 Å². The minimum Gasteiger partial charge on any atom is -0.346 e. The second kappa shape index (κ2) is 7.56. The Morgan fingerprint density at radius 2 is 2.14 bits per heavy atom. The Morgan fingerprint density at radius 3 is 2.76 bits per heavy atom. The van der Waals surface area contributed by atoms with Crippen molar-refractivity contribution >= 4 is 23.2 Å². The predicted molar refractivity (Wildman–Crippen MR) is 84.2 cm³/mol. The van der Waals surface area contributed by atoms with Crippen molar-refractivity contribution in [2.75, 3.05) is 33.2 Å². The average molecular weight is 309 g/mol. The molecule has 1 aliphatic heterocycles. The van der Waals surface area contributed by atoms with Crippen molar-refractivity contribution in [3.63, 3.8) is 0 Å². The van der Waals surface area contributed by atoms with Crippen LogP contribution in [-0.2, 0) is 9.59 Å². The van der Waals surface area contributed by atoms with Gasteiger partial charge in [-0.15, -0.1) is 11.3 Å². The Hall–Kier alpha value is -1.40. The van der Waals surface area contributed by atoms with Gasteiger partial charge in [-0.2, -0.15) is 0 Å². The quantitative estimate of drug-likeness (QED) is 0.866. The fraction of sp³-hybridized carbons (Fsp3) is 0.600. The van der Waals surface area contributed by atoms with E-state index in [0.29, 0.717) is 6.54 Å². The van der Waals surface area contributed by atoms with Gasteiger partial charge < -0.3 is 10.2 Å². The number of thiophene rings is 1. The molecule has 0 bridgehead atoms. The predicted octanol–water partition coefficient (Wildman–Crippen LogP) is 1.48. The molecule has 1 saturated heterocycles. The first-order valence-electron chi connectivity index (χ1n) is 7.36. The summed E-state index contributed by atoms with van der Waals surface area (Å²) in [7, 11) is 1.92. The van der Waals surface area contributed by atoms with E-state index in [4.69, 9.17) is 0 Å². The lowest BCUT2D eigenvalue weighted by Crippen LogP contribution is -2.42. The van der Waals surface area contributed by atoms with E-state index in [1.807, 2.05) is 28.3 Å². The standard InChI is InChI=1S/C15H23N3O2S/c1-12(13-6-5-9-21-13)17(2)11-14(19)16-10-15(20)18-7-3-4-8-18/h5-6,9,12H,3-4,7-8,10-11H2,1-2H3,(H,16,19). The van der Waals surface area contributed by atoms with E-state index in [2.05, 4.69) is 18.3 Å². The van der Waals surface area contributed by atoms with Crippen LogP contribution in [0.4, 0.5) is 0 Å². The molecule has 6 heteroatoms. The molecule has 1 aromatic rings. The third-order valence-electron chi connectivity index (χ3n) is 3.90. The highest BCUT2D eigenvalue weighted by Gasteiger charge is 2.19. The van der Waals surface area contributed by atoms with Crippen molar-refractivity contribution in [1.29, 1.82) is 0 Å². The van der Waals surface area contributed by atoms with Gasteiger partial charge in [-0.05, 0) is 38.3 Å². The van der Waals surface area contributed by atoms with E-state index in [1.165, 1.54) is 4.88 Å². The van der Waals surface area contributed by atoms with E-state index >= 15 is 0 Å². The van der Waals surface area contributed by atoms with Crippen LogP contribution in [0.5, 0.6) is 0 Å². The summed E-state index contributed by atoms with van der Waals surface area (Å²) >= 11 is 1.69. The Bertz CT molecular complexity index is 469. The molecule has 0 spiro atoms. The molecule has 2 amide bonds. The van der Waals surface area contributed by atoms with Crippen LogP contribution in [0.25, 0.3) is 0 Å². The topological polar surface area (TPSA) is 52.7 Å². The number of rotatable bonds is 6. The van der Waals surface area contributed by atoms with Crippen molar-refractivity contribution in [3.8, 4) is 0 Å². The van der Waals surface area contributed by atoms with E-state index < -0.39 is 0 Å². The van der Waals surface area contributed by atoms with E-state index in [-0.39, 0.29) is 24.4 Å². The number of carbonyl (C=O) groups is 2. The monoisotopic (exact) mass is 309 g/mol. The van der Waals surface area contributed by atoms with E-state index in [1.54, 1.807) is 11.3 Å². The Balaban J connectivity index is 1.72. The molecule has 0 saturated carbocycles. The minimum atomic E-state index is -0.103. The maximum atomic E-state index is 11.9. The summed E-state index contributed by atoms with van der Waals surface area (Å²) in [6.45, 7) is 4.13. The zero-order valence-corrected chi connectivity index (χ0v) is 13.5. The smallest absolute Gasteiger partial charge is 0.241 e. The van der Waals surface area contributed by atoms with Crippen LogP contribution in [0.15, 0.2) is 17.5 Å². The van der Waals surface area contributed by atoms with Crippen LogP contribution in [0, 0.1) is 0 Å². The molecule has 5 nitrogen and oxygen atoms in total. The SMILES string of the molecule is CC(c1cccs1)N(C)CC(=O)NCC(=O)N1CCCC1. The van der Waals surface area contributed by atoms with Crippen molar-refractivity contribution in [2.45, 2.75) is 25.8 Å². The fourth-order valence-electron chi connectivity index (χ4n) is 2.42. The number of carbonyl (C=O) groups excluding carboxylic acids is 2. The van der Waals surface area contributed by atoms with Gasteiger partial charge in [-0.25, -0.2) is 0 Å². The van der Waals surface area contributed by atoms with E-state index in [9.17, 15) is 9.59 Å². The highest BCUT2D eigenvalue weighted by molar-refractivity contribution is 7.10. The molecule has 2 heterocycles. The summed E-state index contributed by atoms with van der Waals surface area (Å²) in [6, 6.07) is 4.28. The summed E-state index contributed by atoms with van der Waals surface area (Å²) in [4.78, 5) is 28.8.